The Hall–Kier alpha value is -4.92. The zero-order valence-corrected chi connectivity index (χ0v) is 21.7. The van der Waals surface area contributed by atoms with Gasteiger partial charge in [0.25, 0.3) is 5.91 Å². The van der Waals surface area contributed by atoms with Crippen molar-refractivity contribution in [2.24, 2.45) is 10.1 Å². The van der Waals surface area contributed by atoms with Crippen LogP contribution in [0.1, 0.15) is 29.3 Å². The second-order valence-corrected chi connectivity index (χ2v) is 9.34. The number of nitriles is 1. The molecule has 0 aliphatic carbocycles. The molecule has 2 aromatic rings. The van der Waals surface area contributed by atoms with Gasteiger partial charge in [-0.2, -0.15) is 5.26 Å². The van der Waals surface area contributed by atoms with Crippen LogP contribution in [-0.2, 0) is 30.9 Å². The molecule has 1 atom stereocenters. The minimum Gasteiger partial charge on any atom is -0.466 e. The highest BCUT2D eigenvalue weighted by atomic mass is 32.2. The van der Waals surface area contributed by atoms with Crippen LogP contribution in [0.5, 0.6) is 0 Å². The molecule has 2 amide bonds. The summed E-state index contributed by atoms with van der Waals surface area (Å²) in [7, 11) is -3.82. The van der Waals surface area contributed by atoms with Crippen LogP contribution in [0.3, 0.4) is 0 Å². The van der Waals surface area contributed by atoms with Gasteiger partial charge in [0, 0.05) is 11.3 Å². The van der Waals surface area contributed by atoms with Crippen molar-refractivity contribution in [1.29, 1.82) is 5.26 Å². The van der Waals surface area contributed by atoms with Crippen molar-refractivity contribution in [2.75, 3.05) is 18.5 Å². The number of nitrogens with two attached hydrogens (primary N) is 1. The summed E-state index contributed by atoms with van der Waals surface area (Å²) in [6.45, 7) is 1.55. The molecule has 0 heterocycles. The molecule has 13 nitrogen and oxygen atoms in total. The Kier molecular flexibility index (Phi) is 11.4. The summed E-state index contributed by atoms with van der Waals surface area (Å²) < 4.78 is 27.6. The molecule has 0 aliphatic rings. The molecule has 0 aliphatic heterocycles. The standard InChI is InChI=1S/C25H27N7O6S/c1-3-19(13-23(34)38-4-2)31-22(33)15-28-24(35)18-6-5-7-20(12-18)32-25(30-16-26)29-14-17-8-10-21(11-9-17)39(27,36)37/h1,5-12,19H,4,13-15H2,2H3,(H,28,35)(H,31,33)(H2,27,36,37)(H2,29,30,32). The third kappa shape index (κ3) is 10.5. The first-order valence-corrected chi connectivity index (χ1v) is 13.0. The number of hydrogen-bond acceptors (Lipinski definition) is 8. The van der Waals surface area contributed by atoms with Crippen LogP contribution < -0.4 is 26.4 Å². The predicted octanol–water partition coefficient (Wildman–Crippen LogP) is 0.174. The van der Waals surface area contributed by atoms with E-state index in [-0.39, 0.29) is 42.5 Å². The lowest BCUT2D eigenvalue weighted by Crippen LogP contribution is -2.42. The van der Waals surface area contributed by atoms with E-state index in [1.807, 2.05) is 0 Å². The number of amides is 2. The SMILES string of the molecule is C#CC(CC(=O)OCC)NC(=O)CNC(=O)c1cccc(NC(=NCc2ccc(S(N)(=O)=O)cc2)NC#N)c1. The van der Waals surface area contributed by atoms with Crippen molar-refractivity contribution in [3.63, 3.8) is 0 Å². The van der Waals surface area contributed by atoms with Crippen LogP contribution in [0.25, 0.3) is 0 Å². The molecule has 6 N–H and O–H groups in total. The molecular formula is C25H27N7O6S. The van der Waals surface area contributed by atoms with Gasteiger partial charge in [-0.15, -0.1) is 6.42 Å². The number of hydrogen-bond donors (Lipinski definition) is 5. The largest absolute Gasteiger partial charge is 0.466 e. The lowest BCUT2D eigenvalue weighted by atomic mass is 10.2. The van der Waals surface area contributed by atoms with Crippen molar-refractivity contribution < 1.29 is 27.5 Å². The molecule has 0 fully saturated rings. The van der Waals surface area contributed by atoms with Gasteiger partial charge >= 0.3 is 5.97 Å². The van der Waals surface area contributed by atoms with Gasteiger partial charge < -0.3 is 20.7 Å². The van der Waals surface area contributed by atoms with Gasteiger partial charge in [0.1, 0.15) is 6.04 Å². The topological polar surface area (TPSA) is 205 Å². The Balaban J connectivity index is 1.99. The minimum absolute atomic E-state index is 0.0381. The number of primary sulfonamides is 1. The van der Waals surface area contributed by atoms with E-state index in [0.29, 0.717) is 11.3 Å². The summed E-state index contributed by atoms with van der Waals surface area (Å²) in [5.41, 5.74) is 1.28. The summed E-state index contributed by atoms with van der Waals surface area (Å²) >= 11 is 0. The minimum atomic E-state index is -3.82. The van der Waals surface area contributed by atoms with Crippen LogP contribution in [0, 0.1) is 23.8 Å². The Morgan fingerprint density at radius 1 is 1.18 bits per heavy atom. The van der Waals surface area contributed by atoms with Gasteiger partial charge in [-0.25, -0.2) is 18.5 Å². The molecule has 14 heteroatoms. The van der Waals surface area contributed by atoms with Gasteiger partial charge in [0.2, 0.25) is 21.9 Å². The van der Waals surface area contributed by atoms with E-state index in [2.05, 4.69) is 32.2 Å². The van der Waals surface area contributed by atoms with E-state index in [4.69, 9.17) is 21.6 Å². The van der Waals surface area contributed by atoms with E-state index >= 15 is 0 Å². The molecule has 0 saturated heterocycles. The maximum Gasteiger partial charge on any atom is 0.308 e. The fourth-order valence-corrected chi connectivity index (χ4v) is 3.55. The predicted molar refractivity (Wildman–Crippen MR) is 142 cm³/mol. The average Bonchev–Trinajstić information content (AvgIpc) is 2.90. The number of sulfonamides is 1. The van der Waals surface area contributed by atoms with Crippen LogP contribution in [-0.4, -0.2) is 51.4 Å². The number of rotatable bonds is 11. The number of nitrogens with one attached hydrogen (secondary N) is 4. The summed E-state index contributed by atoms with van der Waals surface area (Å²) in [4.78, 5) is 40.5. The smallest absolute Gasteiger partial charge is 0.308 e. The molecule has 0 aromatic heterocycles. The van der Waals surface area contributed by atoms with Gasteiger partial charge in [-0.1, -0.05) is 24.1 Å². The van der Waals surface area contributed by atoms with Crippen LogP contribution in [0.15, 0.2) is 58.4 Å². The van der Waals surface area contributed by atoms with Gasteiger partial charge in [-0.05, 0) is 42.8 Å². The normalized spacial score (nSPS) is 11.7. The average molecular weight is 554 g/mol. The molecular weight excluding hydrogens is 526 g/mol. The Bertz CT molecular complexity index is 1410. The monoisotopic (exact) mass is 553 g/mol. The third-order valence-electron chi connectivity index (χ3n) is 4.86. The second-order valence-electron chi connectivity index (χ2n) is 7.77. The summed E-state index contributed by atoms with van der Waals surface area (Å²) in [5.74, 6) is 0.661. The van der Waals surface area contributed by atoms with Crippen molar-refractivity contribution in [1.82, 2.24) is 16.0 Å². The number of benzene rings is 2. The van der Waals surface area contributed by atoms with Gasteiger partial charge in [0.05, 0.1) is 31.0 Å². The number of ether oxygens (including phenoxy) is 1. The van der Waals surface area contributed by atoms with E-state index in [9.17, 15) is 22.8 Å². The maximum absolute atomic E-state index is 12.6. The molecule has 0 spiro atoms. The van der Waals surface area contributed by atoms with Crippen molar-refractivity contribution in [2.45, 2.75) is 30.8 Å². The van der Waals surface area contributed by atoms with Gasteiger partial charge in [-0.3, -0.25) is 19.7 Å². The lowest BCUT2D eigenvalue weighted by molar-refractivity contribution is -0.143. The fourth-order valence-electron chi connectivity index (χ4n) is 3.04. The molecule has 39 heavy (non-hydrogen) atoms. The number of anilines is 1. The summed E-state index contributed by atoms with van der Waals surface area (Å²) in [5, 5.41) is 24.3. The first-order chi connectivity index (χ1) is 18.5. The molecule has 0 radical (unpaired) electrons. The Labute approximate surface area is 225 Å². The van der Waals surface area contributed by atoms with E-state index in [1.54, 1.807) is 25.2 Å². The number of aliphatic imine (C=N–C) groups is 1. The zero-order valence-electron chi connectivity index (χ0n) is 20.9. The first-order valence-electron chi connectivity index (χ1n) is 11.4. The first kappa shape index (κ1) is 30.3. The highest BCUT2D eigenvalue weighted by Crippen LogP contribution is 2.12. The highest BCUT2D eigenvalue weighted by molar-refractivity contribution is 7.89. The van der Waals surface area contributed by atoms with Crippen LogP contribution in [0.2, 0.25) is 0 Å². The van der Waals surface area contributed by atoms with E-state index < -0.39 is 33.8 Å². The number of nitrogens with zero attached hydrogens (tertiary/aromatic N) is 2. The third-order valence-corrected chi connectivity index (χ3v) is 5.78. The Morgan fingerprint density at radius 3 is 2.51 bits per heavy atom. The lowest BCUT2D eigenvalue weighted by Gasteiger charge is -2.13. The van der Waals surface area contributed by atoms with E-state index in [0.717, 1.165) is 0 Å². The zero-order chi connectivity index (χ0) is 28.8. The van der Waals surface area contributed by atoms with Crippen LogP contribution >= 0.6 is 0 Å². The van der Waals surface area contributed by atoms with Crippen molar-refractivity contribution >= 4 is 39.5 Å². The number of carbonyl (C=O) groups excluding carboxylic acids is 3. The Morgan fingerprint density at radius 2 is 1.90 bits per heavy atom. The van der Waals surface area contributed by atoms with Crippen LogP contribution in [0.4, 0.5) is 5.69 Å². The molecule has 204 valence electrons. The molecule has 0 bridgehead atoms. The molecule has 1 unspecified atom stereocenters. The quantitative estimate of drug-likeness (QED) is 0.0641. The second kappa shape index (κ2) is 14.7. The van der Waals surface area contributed by atoms with E-state index in [1.165, 1.54) is 36.4 Å². The highest BCUT2D eigenvalue weighted by Gasteiger charge is 2.16. The number of terminal acetylenes is 1. The fraction of sp³-hybridized carbons (Fsp3) is 0.240. The molecule has 2 aromatic carbocycles. The number of carbonyl (C=O) groups is 3. The summed E-state index contributed by atoms with van der Waals surface area (Å²) in [6.07, 6.45) is 6.90. The van der Waals surface area contributed by atoms with Crippen molar-refractivity contribution in [3.8, 4) is 18.5 Å². The molecule has 2 rings (SSSR count). The molecule has 0 saturated carbocycles. The summed E-state index contributed by atoms with van der Waals surface area (Å²) in [6, 6.07) is 11.1. The van der Waals surface area contributed by atoms with Gasteiger partial charge in [0.15, 0.2) is 6.19 Å². The maximum atomic E-state index is 12.6. The number of guanidine groups is 1. The number of esters is 1. The van der Waals surface area contributed by atoms with Crippen molar-refractivity contribution in [3.05, 3.63) is 59.7 Å².